The first-order valence-electron chi connectivity index (χ1n) is 5.81. The Hall–Kier alpha value is -0.880. The van der Waals surface area contributed by atoms with Crippen LogP contribution in [0.15, 0.2) is 10.7 Å². The van der Waals surface area contributed by atoms with Crippen molar-refractivity contribution in [3.05, 3.63) is 10.7 Å². The van der Waals surface area contributed by atoms with Crippen LogP contribution in [0.3, 0.4) is 0 Å². The monoisotopic (exact) mass is 299 g/mol. The number of anilines is 2. The third-order valence-electron chi connectivity index (χ3n) is 3.01. The Morgan fingerprint density at radius 2 is 2.18 bits per heavy atom. The van der Waals surface area contributed by atoms with Gasteiger partial charge >= 0.3 is 0 Å². The van der Waals surface area contributed by atoms with E-state index >= 15 is 0 Å². The van der Waals surface area contributed by atoms with Crippen molar-refractivity contribution in [2.45, 2.75) is 19.4 Å². The fourth-order valence-electron chi connectivity index (χ4n) is 2.22. The summed E-state index contributed by atoms with van der Waals surface area (Å²) in [4.78, 5) is 13.3. The molecule has 6 heteroatoms. The molecule has 1 atom stereocenters. The van der Waals surface area contributed by atoms with Crippen molar-refractivity contribution in [1.82, 2.24) is 14.9 Å². The van der Waals surface area contributed by atoms with Crippen molar-refractivity contribution >= 4 is 27.7 Å². The van der Waals surface area contributed by atoms with Gasteiger partial charge in [0.05, 0.1) is 0 Å². The van der Waals surface area contributed by atoms with Gasteiger partial charge in [-0.05, 0) is 42.9 Å². The number of hydrogen-bond donors (Lipinski definition) is 1. The molecule has 1 aromatic heterocycles. The van der Waals surface area contributed by atoms with Crippen molar-refractivity contribution in [3.8, 4) is 0 Å². The zero-order valence-electron chi connectivity index (χ0n) is 10.2. The van der Waals surface area contributed by atoms with Crippen LogP contribution in [0.2, 0.25) is 0 Å². The predicted molar refractivity (Wildman–Crippen MR) is 73.1 cm³/mol. The molecule has 1 aliphatic heterocycles. The molecule has 0 bridgehead atoms. The number of likely N-dealkylation sites (N-methyl/N-ethyl adjacent to an activating group) is 1. The summed E-state index contributed by atoms with van der Waals surface area (Å²) in [6.45, 7) is 5.31. The maximum absolute atomic E-state index is 5.76. The van der Waals surface area contributed by atoms with Crippen LogP contribution in [0.1, 0.15) is 13.3 Å². The van der Waals surface area contributed by atoms with E-state index in [0.717, 1.165) is 36.6 Å². The third kappa shape index (κ3) is 3.07. The minimum absolute atomic E-state index is 0.399. The van der Waals surface area contributed by atoms with E-state index in [1.165, 1.54) is 0 Å². The molecule has 2 heterocycles. The standard InChI is InChI=1S/C11H18BrN5/c1-8-7-16(2)4-3-5-17(8)11-14-9(12)6-10(13)15-11/h6,8H,3-5,7H2,1-2H3,(H2,13,14,15). The number of aromatic nitrogens is 2. The van der Waals surface area contributed by atoms with Crippen molar-refractivity contribution in [3.63, 3.8) is 0 Å². The average molecular weight is 300 g/mol. The Labute approximate surface area is 110 Å². The lowest BCUT2D eigenvalue weighted by Gasteiger charge is -2.28. The van der Waals surface area contributed by atoms with Gasteiger partial charge in [-0.15, -0.1) is 0 Å². The molecule has 17 heavy (non-hydrogen) atoms. The number of nitrogens with zero attached hydrogens (tertiary/aromatic N) is 4. The molecule has 0 aliphatic carbocycles. The predicted octanol–water partition coefficient (Wildman–Crippen LogP) is 1.35. The second-order valence-electron chi connectivity index (χ2n) is 4.57. The lowest BCUT2D eigenvalue weighted by atomic mass is 10.3. The van der Waals surface area contributed by atoms with E-state index < -0.39 is 0 Å². The highest BCUT2D eigenvalue weighted by Gasteiger charge is 2.22. The number of hydrogen-bond acceptors (Lipinski definition) is 5. The van der Waals surface area contributed by atoms with E-state index in [1.54, 1.807) is 6.07 Å². The SMILES string of the molecule is CC1CN(C)CCCN1c1nc(N)cc(Br)n1. The molecule has 1 unspecified atom stereocenters. The number of nitrogens with two attached hydrogens (primary N) is 1. The molecule has 0 amide bonds. The highest BCUT2D eigenvalue weighted by Crippen LogP contribution is 2.20. The minimum atomic E-state index is 0.399. The Balaban J connectivity index is 2.25. The summed E-state index contributed by atoms with van der Waals surface area (Å²) in [5, 5.41) is 0. The zero-order valence-corrected chi connectivity index (χ0v) is 11.8. The second-order valence-corrected chi connectivity index (χ2v) is 5.39. The number of halogens is 1. The first-order chi connectivity index (χ1) is 8.06. The molecule has 1 saturated heterocycles. The topological polar surface area (TPSA) is 58.3 Å². The Kier molecular flexibility index (Phi) is 3.83. The van der Waals surface area contributed by atoms with Gasteiger partial charge in [-0.3, -0.25) is 0 Å². The van der Waals surface area contributed by atoms with E-state index in [2.05, 4.69) is 49.7 Å². The van der Waals surface area contributed by atoms with Gasteiger partial charge in [-0.2, -0.15) is 4.98 Å². The molecule has 2 N–H and O–H groups in total. The highest BCUT2D eigenvalue weighted by molar-refractivity contribution is 9.10. The maximum atomic E-state index is 5.76. The molecule has 1 fully saturated rings. The normalized spacial score (nSPS) is 22.5. The van der Waals surface area contributed by atoms with E-state index in [9.17, 15) is 0 Å². The van der Waals surface area contributed by atoms with E-state index in [0.29, 0.717) is 11.9 Å². The first kappa shape index (κ1) is 12.6. The van der Waals surface area contributed by atoms with Crippen LogP contribution in [0.4, 0.5) is 11.8 Å². The fourth-order valence-corrected chi connectivity index (χ4v) is 2.61. The summed E-state index contributed by atoms with van der Waals surface area (Å²) in [6, 6.07) is 2.12. The zero-order chi connectivity index (χ0) is 12.4. The van der Waals surface area contributed by atoms with Crippen LogP contribution in [0, 0.1) is 0 Å². The van der Waals surface area contributed by atoms with E-state index in [4.69, 9.17) is 5.73 Å². The number of nitrogen functional groups attached to an aromatic ring is 1. The molecule has 0 aromatic carbocycles. The summed E-state index contributed by atoms with van der Waals surface area (Å²) in [6.07, 6.45) is 1.12. The van der Waals surface area contributed by atoms with Crippen molar-refractivity contribution in [1.29, 1.82) is 0 Å². The molecule has 0 radical (unpaired) electrons. The Bertz CT molecular complexity index is 377. The van der Waals surface area contributed by atoms with Gasteiger partial charge in [0.1, 0.15) is 10.4 Å². The van der Waals surface area contributed by atoms with E-state index in [-0.39, 0.29) is 0 Å². The van der Waals surface area contributed by atoms with Crippen molar-refractivity contribution < 1.29 is 0 Å². The maximum Gasteiger partial charge on any atom is 0.228 e. The molecule has 0 saturated carbocycles. The lowest BCUT2D eigenvalue weighted by molar-refractivity contribution is 0.337. The summed E-state index contributed by atoms with van der Waals surface area (Å²) < 4.78 is 0.741. The van der Waals surface area contributed by atoms with Crippen molar-refractivity contribution in [2.75, 3.05) is 37.3 Å². The van der Waals surface area contributed by atoms with Crippen LogP contribution in [0.25, 0.3) is 0 Å². The van der Waals surface area contributed by atoms with Gasteiger partial charge in [0.2, 0.25) is 5.95 Å². The van der Waals surface area contributed by atoms with Gasteiger partial charge in [0.15, 0.2) is 0 Å². The largest absolute Gasteiger partial charge is 0.383 e. The van der Waals surface area contributed by atoms with Crippen LogP contribution >= 0.6 is 15.9 Å². The highest BCUT2D eigenvalue weighted by atomic mass is 79.9. The lowest BCUT2D eigenvalue weighted by Crippen LogP contribution is -2.39. The summed E-state index contributed by atoms with van der Waals surface area (Å²) in [5.41, 5.74) is 5.76. The van der Waals surface area contributed by atoms with Gasteiger partial charge < -0.3 is 15.5 Å². The van der Waals surface area contributed by atoms with Crippen molar-refractivity contribution in [2.24, 2.45) is 0 Å². The third-order valence-corrected chi connectivity index (χ3v) is 3.41. The molecule has 94 valence electrons. The molecule has 1 aliphatic rings. The van der Waals surface area contributed by atoms with Crippen LogP contribution in [-0.2, 0) is 0 Å². The molecule has 1 aromatic rings. The summed E-state index contributed by atoms with van der Waals surface area (Å²) in [5.74, 6) is 1.23. The number of rotatable bonds is 1. The van der Waals surface area contributed by atoms with Crippen LogP contribution in [-0.4, -0.2) is 47.6 Å². The quantitative estimate of drug-likeness (QED) is 0.793. The van der Waals surface area contributed by atoms with E-state index in [1.807, 2.05) is 0 Å². The molecule has 0 spiro atoms. The second kappa shape index (κ2) is 5.18. The summed E-state index contributed by atoms with van der Waals surface area (Å²) in [7, 11) is 2.15. The van der Waals surface area contributed by atoms with Gasteiger partial charge in [-0.25, -0.2) is 4.98 Å². The summed E-state index contributed by atoms with van der Waals surface area (Å²) >= 11 is 3.36. The molecule has 2 rings (SSSR count). The van der Waals surface area contributed by atoms with Gasteiger partial charge in [0.25, 0.3) is 0 Å². The van der Waals surface area contributed by atoms with Crippen LogP contribution in [0.5, 0.6) is 0 Å². The fraction of sp³-hybridized carbons (Fsp3) is 0.636. The Morgan fingerprint density at radius 1 is 1.41 bits per heavy atom. The molecular formula is C11H18BrN5. The Morgan fingerprint density at radius 3 is 2.88 bits per heavy atom. The first-order valence-corrected chi connectivity index (χ1v) is 6.61. The van der Waals surface area contributed by atoms with Gasteiger partial charge in [0, 0.05) is 25.2 Å². The minimum Gasteiger partial charge on any atom is -0.383 e. The molecule has 5 nitrogen and oxygen atoms in total. The van der Waals surface area contributed by atoms with Gasteiger partial charge in [-0.1, -0.05) is 0 Å². The van der Waals surface area contributed by atoms with Crippen LogP contribution < -0.4 is 10.6 Å². The molecular weight excluding hydrogens is 282 g/mol. The average Bonchev–Trinajstić information content (AvgIpc) is 2.37. The smallest absolute Gasteiger partial charge is 0.228 e.